The summed E-state index contributed by atoms with van der Waals surface area (Å²) in [6, 6.07) is 0.260. The van der Waals surface area contributed by atoms with Crippen molar-refractivity contribution >= 4 is 17.3 Å². The molecule has 1 fully saturated rings. The Hall–Kier alpha value is -1.92. The number of nitrogen functional groups attached to an aromatic ring is 1. The summed E-state index contributed by atoms with van der Waals surface area (Å²) >= 11 is 0. The van der Waals surface area contributed by atoms with Gasteiger partial charge in [-0.2, -0.15) is 0 Å². The van der Waals surface area contributed by atoms with E-state index in [1.165, 1.54) is 6.33 Å². The van der Waals surface area contributed by atoms with Gasteiger partial charge in [-0.25, -0.2) is 9.97 Å². The number of nitro groups is 1. The number of hydrogen-bond acceptors (Lipinski definition) is 6. The van der Waals surface area contributed by atoms with Gasteiger partial charge in [-0.05, 0) is 31.1 Å². The zero-order chi connectivity index (χ0) is 14.9. The molecule has 1 aliphatic rings. The van der Waals surface area contributed by atoms with Crippen LogP contribution in [0, 0.1) is 15.5 Å². The fourth-order valence-electron chi connectivity index (χ4n) is 2.76. The van der Waals surface area contributed by atoms with Crippen LogP contribution in [0.25, 0.3) is 0 Å². The predicted octanol–water partition coefficient (Wildman–Crippen LogP) is 2.37. The van der Waals surface area contributed by atoms with Crippen molar-refractivity contribution in [3.63, 3.8) is 0 Å². The second kappa shape index (κ2) is 5.22. The molecule has 7 heteroatoms. The number of rotatable bonds is 3. The van der Waals surface area contributed by atoms with Crippen molar-refractivity contribution in [1.82, 2.24) is 9.97 Å². The highest BCUT2D eigenvalue weighted by molar-refractivity contribution is 5.68. The molecule has 0 radical (unpaired) electrons. The second-order valence-corrected chi connectivity index (χ2v) is 6.19. The van der Waals surface area contributed by atoms with Crippen molar-refractivity contribution in [3.8, 4) is 0 Å². The molecule has 1 heterocycles. The molecular weight excluding hydrogens is 258 g/mol. The van der Waals surface area contributed by atoms with Crippen LogP contribution in [0.3, 0.4) is 0 Å². The van der Waals surface area contributed by atoms with Gasteiger partial charge >= 0.3 is 5.69 Å². The van der Waals surface area contributed by atoms with E-state index in [0.717, 1.165) is 25.7 Å². The number of nitrogens with two attached hydrogens (primary N) is 1. The number of hydrogen-bond donors (Lipinski definition) is 1. The van der Waals surface area contributed by atoms with Crippen LogP contribution >= 0.6 is 0 Å². The van der Waals surface area contributed by atoms with Crippen LogP contribution < -0.4 is 10.6 Å². The minimum atomic E-state index is -0.506. The number of anilines is 2. The van der Waals surface area contributed by atoms with Crippen molar-refractivity contribution in [1.29, 1.82) is 0 Å². The van der Waals surface area contributed by atoms with Gasteiger partial charge in [0.05, 0.1) is 4.92 Å². The number of nitrogens with zero attached hydrogens (tertiary/aromatic N) is 4. The molecule has 0 saturated heterocycles. The van der Waals surface area contributed by atoms with Gasteiger partial charge in [0.1, 0.15) is 6.33 Å². The summed E-state index contributed by atoms with van der Waals surface area (Å²) in [5, 5.41) is 11.2. The lowest BCUT2D eigenvalue weighted by Crippen LogP contribution is -2.38. The van der Waals surface area contributed by atoms with E-state index in [4.69, 9.17) is 5.73 Å². The van der Waals surface area contributed by atoms with E-state index < -0.39 is 4.92 Å². The topological polar surface area (TPSA) is 98.2 Å². The van der Waals surface area contributed by atoms with Gasteiger partial charge in [-0.1, -0.05) is 13.8 Å². The molecule has 2 rings (SSSR count). The van der Waals surface area contributed by atoms with E-state index in [1.807, 2.05) is 11.9 Å². The molecule has 7 nitrogen and oxygen atoms in total. The van der Waals surface area contributed by atoms with E-state index >= 15 is 0 Å². The Bertz CT molecular complexity index is 507. The standard InChI is InChI=1S/C13H21N5O2/c1-13(2)6-4-9(5-7-13)17(3)12-10(18(19)20)11(14)15-8-16-12/h8-9H,4-7H2,1-3H3,(H2,14,15,16). The maximum atomic E-state index is 11.2. The predicted molar refractivity (Wildman–Crippen MR) is 77.5 cm³/mol. The summed E-state index contributed by atoms with van der Waals surface area (Å²) < 4.78 is 0. The molecular formula is C13H21N5O2. The first-order chi connectivity index (χ1) is 9.32. The van der Waals surface area contributed by atoms with Gasteiger partial charge in [0.2, 0.25) is 11.6 Å². The van der Waals surface area contributed by atoms with Crippen LogP contribution in [-0.2, 0) is 0 Å². The molecule has 0 aromatic carbocycles. The minimum Gasteiger partial charge on any atom is -0.378 e. The van der Waals surface area contributed by atoms with Gasteiger partial charge in [-0.15, -0.1) is 0 Å². The number of aromatic nitrogens is 2. The zero-order valence-electron chi connectivity index (χ0n) is 12.2. The van der Waals surface area contributed by atoms with Crippen molar-refractivity contribution in [2.45, 2.75) is 45.6 Å². The summed E-state index contributed by atoms with van der Waals surface area (Å²) in [7, 11) is 1.84. The van der Waals surface area contributed by atoms with Gasteiger partial charge in [0.15, 0.2) is 0 Å². The Morgan fingerprint density at radius 3 is 2.55 bits per heavy atom. The first kappa shape index (κ1) is 14.5. The molecule has 0 unspecified atom stereocenters. The van der Waals surface area contributed by atoms with Gasteiger partial charge in [0.25, 0.3) is 0 Å². The van der Waals surface area contributed by atoms with Crippen molar-refractivity contribution in [2.75, 3.05) is 17.7 Å². The van der Waals surface area contributed by atoms with Gasteiger partial charge in [0, 0.05) is 13.1 Å². The lowest BCUT2D eigenvalue weighted by Gasteiger charge is -2.38. The van der Waals surface area contributed by atoms with Crippen molar-refractivity contribution in [2.24, 2.45) is 5.41 Å². The van der Waals surface area contributed by atoms with Crippen LogP contribution in [0.5, 0.6) is 0 Å². The molecule has 1 aliphatic carbocycles. The van der Waals surface area contributed by atoms with Gasteiger partial charge < -0.3 is 10.6 Å². The molecule has 2 N–H and O–H groups in total. The third-order valence-electron chi connectivity index (χ3n) is 4.20. The van der Waals surface area contributed by atoms with E-state index in [-0.39, 0.29) is 17.5 Å². The maximum Gasteiger partial charge on any atom is 0.353 e. The first-order valence-corrected chi connectivity index (χ1v) is 6.79. The van der Waals surface area contributed by atoms with E-state index in [0.29, 0.717) is 11.2 Å². The Morgan fingerprint density at radius 2 is 2.00 bits per heavy atom. The average Bonchev–Trinajstić information content (AvgIpc) is 2.37. The third-order valence-corrected chi connectivity index (χ3v) is 4.20. The molecule has 110 valence electrons. The Kier molecular flexibility index (Phi) is 3.78. The average molecular weight is 279 g/mol. The fraction of sp³-hybridized carbons (Fsp3) is 0.692. The third kappa shape index (κ3) is 2.81. The Balaban J connectivity index is 2.24. The molecule has 0 atom stereocenters. The molecule has 0 aliphatic heterocycles. The smallest absolute Gasteiger partial charge is 0.353 e. The molecule has 1 aromatic rings. The second-order valence-electron chi connectivity index (χ2n) is 6.19. The van der Waals surface area contributed by atoms with Crippen molar-refractivity contribution in [3.05, 3.63) is 16.4 Å². The quantitative estimate of drug-likeness (QED) is 0.673. The van der Waals surface area contributed by atoms with Crippen molar-refractivity contribution < 1.29 is 4.92 Å². The minimum absolute atomic E-state index is 0.0806. The molecule has 1 aromatic heterocycles. The summed E-state index contributed by atoms with van der Waals surface area (Å²) in [6.07, 6.45) is 5.50. The van der Waals surface area contributed by atoms with Crippen LogP contribution in [0.2, 0.25) is 0 Å². The SMILES string of the molecule is CN(c1ncnc(N)c1[N+](=O)[O-])C1CCC(C)(C)CC1. The summed E-state index contributed by atoms with van der Waals surface area (Å²) in [4.78, 5) is 20.3. The molecule has 0 spiro atoms. The first-order valence-electron chi connectivity index (χ1n) is 6.79. The van der Waals surface area contributed by atoms with Crippen LogP contribution in [0.15, 0.2) is 6.33 Å². The highest BCUT2D eigenvalue weighted by atomic mass is 16.6. The fourth-order valence-corrected chi connectivity index (χ4v) is 2.76. The molecule has 20 heavy (non-hydrogen) atoms. The normalized spacial score (nSPS) is 18.8. The molecule has 0 amide bonds. The van der Waals surface area contributed by atoms with Crippen LogP contribution in [0.1, 0.15) is 39.5 Å². The highest BCUT2D eigenvalue weighted by Gasteiger charge is 2.32. The summed E-state index contributed by atoms with van der Waals surface area (Å²) in [6.45, 7) is 4.52. The van der Waals surface area contributed by atoms with E-state index in [9.17, 15) is 10.1 Å². The molecule has 0 bridgehead atoms. The largest absolute Gasteiger partial charge is 0.378 e. The highest BCUT2D eigenvalue weighted by Crippen LogP contribution is 2.39. The van der Waals surface area contributed by atoms with Gasteiger partial charge in [-0.3, -0.25) is 10.1 Å². The lowest BCUT2D eigenvalue weighted by atomic mass is 9.75. The monoisotopic (exact) mass is 279 g/mol. The van der Waals surface area contributed by atoms with Crippen LogP contribution in [-0.4, -0.2) is 28.0 Å². The summed E-state index contributed by atoms with van der Waals surface area (Å²) in [5.41, 5.74) is 5.77. The van der Waals surface area contributed by atoms with Crippen LogP contribution in [0.4, 0.5) is 17.3 Å². The zero-order valence-corrected chi connectivity index (χ0v) is 12.2. The van der Waals surface area contributed by atoms with E-state index in [2.05, 4.69) is 23.8 Å². The Labute approximate surface area is 118 Å². The van der Waals surface area contributed by atoms with E-state index in [1.54, 1.807) is 0 Å². The summed E-state index contributed by atoms with van der Waals surface area (Å²) in [5.74, 6) is 0.232. The lowest BCUT2D eigenvalue weighted by molar-refractivity contribution is -0.383. The maximum absolute atomic E-state index is 11.2. The molecule has 1 saturated carbocycles. The Morgan fingerprint density at radius 1 is 1.40 bits per heavy atom.